The van der Waals surface area contributed by atoms with E-state index in [1.54, 1.807) is 6.07 Å². The number of halogens is 2. The number of aldehydes is 1. The highest BCUT2D eigenvalue weighted by Gasteiger charge is 2.06. The third kappa shape index (κ3) is 1.72. The van der Waals surface area contributed by atoms with Crippen LogP contribution in [0.25, 0.3) is 0 Å². The highest BCUT2D eigenvalue weighted by atomic mass is 79.9. The van der Waals surface area contributed by atoms with Gasteiger partial charge in [-0.25, -0.2) is 4.39 Å². The van der Waals surface area contributed by atoms with E-state index >= 15 is 0 Å². The van der Waals surface area contributed by atoms with Gasteiger partial charge < -0.3 is 0 Å². The molecular formula is C9H8BrFO. The van der Waals surface area contributed by atoms with Crippen LogP contribution in [0.15, 0.2) is 16.6 Å². The minimum absolute atomic E-state index is 0.275. The first-order valence-corrected chi connectivity index (χ1v) is 4.41. The van der Waals surface area contributed by atoms with Crippen molar-refractivity contribution >= 4 is 22.2 Å². The molecule has 64 valence electrons. The summed E-state index contributed by atoms with van der Waals surface area (Å²) < 4.78 is 13.5. The highest BCUT2D eigenvalue weighted by Crippen LogP contribution is 2.20. The summed E-state index contributed by atoms with van der Waals surface area (Å²) in [6.45, 7) is 1.85. The summed E-state index contributed by atoms with van der Waals surface area (Å²) in [6, 6.07) is 3.04. The van der Waals surface area contributed by atoms with Crippen molar-refractivity contribution in [2.75, 3.05) is 0 Å². The normalized spacial score (nSPS) is 9.92. The van der Waals surface area contributed by atoms with Gasteiger partial charge in [0, 0.05) is 5.56 Å². The Morgan fingerprint density at radius 1 is 1.58 bits per heavy atom. The number of hydrogen-bond donors (Lipinski definition) is 0. The molecule has 0 amide bonds. The predicted molar refractivity (Wildman–Crippen MR) is 48.9 cm³/mol. The van der Waals surface area contributed by atoms with Gasteiger partial charge in [0.2, 0.25) is 0 Å². The average Bonchev–Trinajstić information content (AvgIpc) is 2.09. The number of benzene rings is 1. The van der Waals surface area contributed by atoms with Gasteiger partial charge in [-0.1, -0.05) is 6.92 Å². The summed E-state index contributed by atoms with van der Waals surface area (Å²) in [4.78, 5) is 10.4. The molecule has 12 heavy (non-hydrogen) atoms. The molecular weight excluding hydrogens is 223 g/mol. The van der Waals surface area contributed by atoms with Gasteiger partial charge >= 0.3 is 0 Å². The van der Waals surface area contributed by atoms with Crippen LogP contribution in [-0.2, 0) is 6.42 Å². The molecule has 0 fully saturated rings. The van der Waals surface area contributed by atoms with E-state index in [4.69, 9.17) is 0 Å². The van der Waals surface area contributed by atoms with E-state index < -0.39 is 0 Å². The van der Waals surface area contributed by atoms with Crippen LogP contribution >= 0.6 is 15.9 Å². The summed E-state index contributed by atoms with van der Waals surface area (Å²) in [7, 11) is 0. The molecule has 0 heterocycles. The van der Waals surface area contributed by atoms with Crippen molar-refractivity contribution in [3.63, 3.8) is 0 Å². The van der Waals surface area contributed by atoms with Crippen molar-refractivity contribution in [2.24, 2.45) is 0 Å². The summed E-state index contributed by atoms with van der Waals surface area (Å²) in [6.07, 6.45) is 1.30. The minimum Gasteiger partial charge on any atom is -0.298 e. The number of carbonyl (C=O) groups excluding carboxylic acids is 1. The van der Waals surface area contributed by atoms with Gasteiger partial charge in [-0.05, 0) is 40.0 Å². The van der Waals surface area contributed by atoms with Gasteiger partial charge in [-0.3, -0.25) is 4.79 Å². The molecule has 0 aliphatic heterocycles. The molecule has 3 heteroatoms. The molecule has 1 aromatic rings. The first kappa shape index (κ1) is 9.39. The van der Waals surface area contributed by atoms with E-state index in [9.17, 15) is 9.18 Å². The molecule has 1 nitrogen and oxygen atoms in total. The lowest BCUT2D eigenvalue weighted by Gasteiger charge is -2.02. The second-order valence-electron chi connectivity index (χ2n) is 2.45. The van der Waals surface area contributed by atoms with Crippen molar-refractivity contribution < 1.29 is 9.18 Å². The fourth-order valence-corrected chi connectivity index (χ4v) is 1.51. The van der Waals surface area contributed by atoms with Gasteiger partial charge in [0.15, 0.2) is 0 Å². The molecule has 0 unspecified atom stereocenters. The maximum atomic E-state index is 13.2. The molecule has 0 saturated heterocycles. The molecule has 0 spiro atoms. The van der Waals surface area contributed by atoms with Crippen molar-refractivity contribution in [1.82, 2.24) is 0 Å². The van der Waals surface area contributed by atoms with Crippen LogP contribution in [0.5, 0.6) is 0 Å². The number of aryl methyl sites for hydroxylation is 1. The molecule has 0 radical (unpaired) electrons. The van der Waals surface area contributed by atoms with Crippen molar-refractivity contribution in [3.05, 3.63) is 33.5 Å². The molecule has 0 N–H and O–H groups in total. The van der Waals surface area contributed by atoms with Crippen molar-refractivity contribution in [3.8, 4) is 0 Å². The van der Waals surface area contributed by atoms with Crippen LogP contribution in [0.4, 0.5) is 4.39 Å². The van der Waals surface area contributed by atoms with Gasteiger partial charge in [0.05, 0.1) is 4.47 Å². The van der Waals surface area contributed by atoms with Gasteiger partial charge in [0.25, 0.3) is 0 Å². The second kappa shape index (κ2) is 3.81. The molecule has 1 aromatic carbocycles. The van der Waals surface area contributed by atoms with Gasteiger partial charge in [-0.15, -0.1) is 0 Å². The van der Waals surface area contributed by atoms with E-state index in [1.165, 1.54) is 6.07 Å². The smallest absolute Gasteiger partial charge is 0.150 e. The van der Waals surface area contributed by atoms with E-state index in [1.807, 2.05) is 6.92 Å². The third-order valence-corrected chi connectivity index (χ3v) is 2.22. The van der Waals surface area contributed by atoms with E-state index in [-0.39, 0.29) is 5.82 Å². The molecule has 0 aliphatic carbocycles. The van der Waals surface area contributed by atoms with Crippen molar-refractivity contribution in [1.29, 1.82) is 0 Å². The first-order chi connectivity index (χ1) is 5.69. The van der Waals surface area contributed by atoms with E-state index in [0.717, 1.165) is 0 Å². The molecule has 1 rings (SSSR count). The monoisotopic (exact) mass is 230 g/mol. The van der Waals surface area contributed by atoms with Crippen LogP contribution in [0.2, 0.25) is 0 Å². The fourth-order valence-electron chi connectivity index (χ4n) is 0.995. The standard InChI is InChI=1S/C9H8BrFO/c1-2-7-3-6(5-12)4-8(10)9(7)11/h3-5H,2H2,1H3. The van der Waals surface area contributed by atoms with E-state index in [0.29, 0.717) is 28.3 Å². The van der Waals surface area contributed by atoms with Crippen LogP contribution in [0.1, 0.15) is 22.8 Å². The van der Waals surface area contributed by atoms with Gasteiger partial charge in [-0.2, -0.15) is 0 Å². The first-order valence-electron chi connectivity index (χ1n) is 3.62. The molecule has 0 aromatic heterocycles. The Bertz CT molecular complexity index is 310. The summed E-state index contributed by atoms with van der Waals surface area (Å²) in [5, 5.41) is 0. The van der Waals surface area contributed by atoms with E-state index in [2.05, 4.69) is 15.9 Å². The molecule has 0 aliphatic rings. The Morgan fingerprint density at radius 3 is 2.75 bits per heavy atom. The lowest BCUT2D eigenvalue weighted by Crippen LogP contribution is -1.92. The Balaban J connectivity index is 3.28. The number of hydrogen-bond acceptors (Lipinski definition) is 1. The largest absolute Gasteiger partial charge is 0.298 e. The third-order valence-electron chi connectivity index (χ3n) is 1.64. The SMILES string of the molecule is CCc1cc(C=O)cc(Br)c1F. The topological polar surface area (TPSA) is 17.1 Å². The molecule has 0 bridgehead atoms. The molecule has 0 atom stereocenters. The van der Waals surface area contributed by atoms with Crippen LogP contribution in [-0.4, -0.2) is 6.29 Å². The zero-order valence-corrected chi connectivity index (χ0v) is 8.19. The average molecular weight is 231 g/mol. The zero-order valence-electron chi connectivity index (χ0n) is 6.60. The summed E-state index contributed by atoms with van der Waals surface area (Å²) in [5.74, 6) is -0.275. The lowest BCUT2D eigenvalue weighted by molar-refractivity contribution is 0.112. The van der Waals surface area contributed by atoms with Crippen LogP contribution in [0, 0.1) is 5.82 Å². The maximum absolute atomic E-state index is 13.2. The predicted octanol–water partition coefficient (Wildman–Crippen LogP) is 2.96. The Labute approximate surface area is 78.7 Å². The van der Waals surface area contributed by atoms with Crippen molar-refractivity contribution in [2.45, 2.75) is 13.3 Å². The Morgan fingerprint density at radius 2 is 2.25 bits per heavy atom. The van der Waals surface area contributed by atoms with Crippen LogP contribution < -0.4 is 0 Å². The summed E-state index contributed by atoms with van der Waals surface area (Å²) in [5.41, 5.74) is 1.06. The lowest BCUT2D eigenvalue weighted by atomic mass is 10.1. The highest BCUT2D eigenvalue weighted by molar-refractivity contribution is 9.10. The second-order valence-corrected chi connectivity index (χ2v) is 3.30. The fraction of sp³-hybridized carbons (Fsp3) is 0.222. The number of carbonyl (C=O) groups is 1. The van der Waals surface area contributed by atoms with Gasteiger partial charge in [0.1, 0.15) is 12.1 Å². The Kier molecular flexibility index (Phi) is 2.98. The zero-order chi connectivity index (χ0) is 9.14. The minimum atomic E-state index is -0.275. The quantitative estimate of drug-likeness (QED) is 0.715. The summed E-state index contributed by atoms with van der Waals surface area (Å²) >= 11 is 3.04. The molecule has 0 saturated carbocycles. The van der Waals surface area contributed by atoms with Crippen LogP contribution in [0.3, 0.4) is 0 Å². The Hall–Kier alpha value is -0.700. The number of rotatable bonds is 2. The maximum Gasteiger partial charge on any atom is 0.150 e.